The Morgan fingerprint density at radius 3 is 2.69 bits per heavy atom. The summed E-state index contributed by atoms with van der Waals surface area (Å²) in [6.45, 7) is -0.739. The molecule has 150 valence electrons. The number of benzene rings is 1. The van der Waals surface area contributed by atoms with Gasteiger partial charge < -0.3 is 10.2 Å². The number of aromatic nitrogens is 3. The highest BCUT2D eigenvalue weighted by Gasteiger charge is 2.44. The van der Waals surface area contributed by atoms with E-state index in [-0.39, 0.29) is 25.2 Å². The Hall–Kier alpha value is -3.17. The maximum absolute atomic E-state index is 14.4. The molecule has 2 unspecified atom stereocenters. The molecular formula is C19H15F4N5O. The highest BCUT2D eigenvalue weighted by molar-refractivity contribution is 5.95. The number of pyridine rings is 1. The summed E-state index contributed by atoms with van der Waals surface area (Å²) < 4.78 is 54.8. The standard InChI is InChI=1S/C19H15F4N5O/c20-14-2-1-11(25-18(29)13-5-15(13)21)4-16(14)28-7-10-3-12(6-24-17(10)26-28)27-8-19(22,23)9-27/h1-4,6-7,13,15H,5,8-9H2,(H,25,29). The van der Waals surface area contributed by atoms with Gasteiger partial charge in [0, 0.05) is 17.3 Å². The molecule has 2 aliphatic rings. The van der Waals surface area contributed by atoms with Gasteiger partial charge in [-0.05, 0) is 30.7 Å². The molecule has 2 aromatic heterocycles. The number of fused-ring (bicyclic) bond motifs is 1. The van der Waals surface area contributed by atoms with Crippen molar-refractivity contribution in [2.24, 2.45) is 5.92 Å². The van der Waals surface area contributed by atoms with Crippen molar-refractivity contribution in [1.29, 1.82) is 0 Å². The van der Waals surface area contributed by atoms with Crippen LogP contribution in [0.5, 0.6) is 0 Å². The molecule has 2 atom stereocenters. The summed E-state index contributed by atoms with van der Waals surface area (Å²) >= 11 is 0. The van der Waals surface area contributed by atoms with Gasteiger partial charge in [-0.1, -0.05) is 0 Å². The van der Waals surface area contributed by atoms with E-state index in [2.05, 4.69) is 15.4 Å². The van der Waals surface area contributed by atoms with E-state index in [1.807, 2.05) is 0 Å². The molecule has 1 aliphatic heterocycles. The number of halogens is 4. The minimum atomic E-state index is -2.70. The van der Waals surface area contributed by atoms with E-state index >= 15 is 0 Å². The fourth-order valence-corrected chi connectivity index (χ4v) is 3.33. The second-order valence-electron chi connectivity index (χ2n) is 7.41. The number of carbonyl (C=O) groups excluding carboxylic acids is 1. The molecular weight excluding hydrogens is 390 g/mol. The third-order valence-corrected chi connectivity index (χ3v) is 5.06. The molecule has 1 saturated carbocycles. The molecule has 1 aromatic carbocycles. The summed E-state index contributed by atoms with van der Waals surface area (Å²) in [6, 6.07) is 5.62. The third kappa shape index (κ3) is 3.28. The highest BCUT2D eigenvalue weighted by Crippen LogP contribution is 2.35. The number of nitrogens with one attached hydrogen (secondary N) is 1. The van der Waals surface area contributed by atoms with Gasteiger partial charge in [-0.2, -0.15) is 0 Å². The molecule has 0 spiro atoms. The van der Waals surface area contributed by atoms with E-state index in [4.69, 9.17) is 0 Å². The molecule has 3 heterocycles. The van der Waals surface area contributed by atoms with Crippen LogP contribution >= 0.6 is 0 Å². The Morgan fingerprint density at radius 2 is 2.00 bits per heavy atom. The van der Waals surface area contributed by atoms with Gasteiger partial charge in [0.25, 0.3) is 5.92 Å². The van der Waals surface area contributed by atoms with Gasteiger partial charge >= 0.3 is 0 Å². The van der Waals surface area contributed by atoms with Crippen LogP contribution < -0.4 is 10.2 Å². The van der Waals surface area contributed by atoms with Crippen molar-refractivity contribution in [3.05, 3.63) is 42.5 Å². The van der Waals surface area contributed by atoms with Crippen LogP contribution in [0.4, 0.5) is 28.9 Å². The molecule has 1 amide bonds. The number of hydrogen-bond acceptors (Lipinski definition) is 4. The van der Waals surface area contributed by atoms with Crippen molar-refractivity contribution in [2.75, 3.05) is 23.3 Å². The summed E-state index contributed by atoms with van der Waals surface area (Å²) in [7, 11) is 0. The predicted octanol–water partition coefficient (Wildman–Crippen LogP) is 3.31. The molecule has 1 N–H and O–H groups in total. The Labute approximate surface area is 162 Å². The number of anilines is 2. The monoisotopic (exact) mass is 405 g/mol. The van der Waals surface area contributed by atoms with Crippen LogP contribution in [-0.4, -0.2) is 45.9 Å². The minimum absolute atomic E-state index is 0.0745. The normalized spacial score (nSPS) is 22.4. The first kappa shape index (κ1) is 17.9. The SMILES string of the molecule is O=C(Nc1ccc(F)c(-n2cc3cc(N4CC(F)(F)C4)cnc3n2)c1)C1CC1F. The molecule has 29 heavy (non-hydrogen) atoms. The Bertz CT molecular complexity index is 1120. The molecule has 1 aliphatic carbocycles. The van der Waals surface area contributed by atoms with Crippen molar-refractivity contribution in [2.45, 2.75) is 18.5 Å². The zero-order chi connectivity index (χ0) is 20.3. The lowest BCUT2D eigenvalue weighted by Crippen LogP contribution is -2.56. The van der Waals surface area contributed by atoms with Crippen LogP contribution in [0, 0.1) is 11.7 Å². The lowest BCUT2D eigenvalue weighted by Gasteiger charge is -2.40. The second kappa shape index (κ2) is 6.16. The molecule has 6 nitrogen and oxygen atoms in total. The molecule has 5 rings (SSSR count). The van der Waals surface area contributed by atoms with Crippen LogP contribution in [0.1, 0.15) is 6.42 Å². The first-order valence-electron chi connectivity index (χ1n) is 9.02. The van der Waals surface area contributed by atoms with E-state index in [0.717, 1.165) is 0 Å². The summed E-state index contributed by atoms with van der Waals surface area (Å²) in [5.74, 6) is -4.38. The largest absolute Gasteiger partial charge is 0.358 e. The highest BCUT2D eigenvalue weighted by atomic mass is 19.3. The maximum atomic E-state index is 14.4. The average molecular weight is 405 g/mol. The van der Waals surface area contributed by atoms with Gasteiger partial charge in [0.2, 0.25) is 5.91 Å². The number of hydrogen-bond donors (Lipinski definition) is 1. The minimum Gasteiger partial charge on any atom is -0.358 e. The van der Waals surface area contributed by atoms with E-state index in [9.17, 15) is 22.4 Å². The van der Waals surface area contributed by atoms with Gasteiger partial charge in [0.05, 0.1) is 30.9 Å². The Balaban J connectivity index is 1.42. The van der Waals surface area contributed by atoms with Crippen LogP contribution in [0.2, 0.25) is 0 Å². The second-order valence-corrected chi connectivity index (χ2v) is 7.41. The van der Waals surface area contributed by atoms with Crippen LogP contribution in [0.25, 0.3) is 16.7 Å². The first-order valence-corrected chi connectivity index (χ1v) is 9.02. The number of rotatable bonds is 4. The topological polar surface area (TPSA) is 63.1 Å². The molecule has 3 aromatic rings. The fraction of sp³-hybridized carbons (Fsp3) is 0.316. The number of amides is 1. The summed E-state index contributed by atoms with van der Waals surface area (Å²) in [4.78, 5) is 17.6. The number of nitrogens with zero attached hydrogens (tertiary/aromatic N) is 4. The smallest absolute Gasteiger partial charge is 0.282 e. The number of carbonyl (C=O) groups is 1. The number of alkyl halides is 3. The van der Waals surface area contributed by atoms with E-state index in [1.54, 1.807) is 6.07 Å². The summed E-state index contributed by atoms with van der Waals surface area (Å²) in [5, 5.41) is 7.35. The maximum Gasteiger partial charge on any atom is 0.282 e. The van der Waals surface area contributed by atoms with Gasteiger partial charge in [-0.25, -0.2) is 27.2 Å². The molecule has 10 heteroatoms. The third-order valence-electron chi connectivity index (χ3n) is 5.06. The zero-order valence-corrected chi connectivity index (χ0v) is 14.9. The van der Waals surface area contributed by atoms with Crippen LogP contribution in [0.15, 0.2) is 36.7 Å². The lowest BCUT2D eigenvalue weighted by molar-refractivity contribution is -0.117. The van der Waals surface area contributed by atoms with Crippen molar-refractivity contribution >= 4 is 28.3 Å². The Morgan fingerprint density at radius 1 is 1.24 bits per heavy atom. The first-order chi connectivity index (χ1) is 13.8. The molecule has 2 fully saturated rings. The Kier molecular flexibility index (Phi) is 3.80. The van der Waals surface area contributed by atoms with Crippen molar-refractivity contribution < 1.29 is 22.4 Å². The summed E-state index contributed by atoms with van der Waals surface area (Å²) in [6.07, 6.45) is 2.05. The zero-order valence-electron chi connectivity index (χ0n) is 14.9. The van der Waals surface area contributed by atoms with Crippen molar-refractivity contribution in [3.63, 3.8) is 0 Å². The average Bonchev–Trinajstić information content (AvgIpc) is 3.24. The fourth-order valence-electron chi connectivity index (χ4n) is 3.33. The van der Waals surface area contributed by atoms with Crippen LogP contribution in [0.3, 0.4) is 0 Å². The van der Waals surface area contributed by atoms with Gasteiger partial charge in [0.15, 0.2) is 5.65 Å². The molecule has 0 radical (unpaired) electrons. The molecule has 1 saturated heterocycles. The van der Waals surface area contributed by atoms with Crippen LogP contribution in [-0.2, 0) is 4.79 Å². The lowest BCUT2D eigenvalue weighted by atomic mass is 10.1. The van der Waals surface area contributed by atoms with Gasteiger partial charge in [-0.15, -0.1) is 5.10 Å². The summed E-state index contributed by atoms with van der Waals surface area (Å²) in [5.41, 5.74) is 1.26. The van der Waals surface area contributed by atoms with Gasteiger partial charge in [0.1, 0.15) is 17.7 Å². The van der Waals surface area contributed by atoms with E-state index < -0.39 is 29.7 Å². The predicted molar refractivity (Wildman–Crippen MR) is 97.6 cm³/mol. The van der Waals surface area contributed by atoms with E-state index in [0.29, 0.717) is 22.4 Å². The van der Waals surface area contributed by atoms with Crippen molar-refractivity contribution in [3.8, 4) is 5.69 Å². The molecule has 0 bridgehead atoms. The quantitative estimate of drug-likeness (QED) is 0.677. The van der Waals surface area contributed by atoms with Gasteiger partial charge in [-0.3, -0.25) is 4.79 Å². The van der Waals surface area contributed by atoms with Crippen molar-refractivity contribution in [1.82, 2.24) is 14.8 Å². The van der Waals surface area contributed by atoms with E-state index in [1.165, 1.54) is 40.2 Å².